The smallest absolute Gasteiger partial charge is 0.475 e. The van der Waals surface area contributed by atoms with Crippen molar-refractivity contribution >= 4 is 18.1 Å². The Bertz CT molecular complexity index is 357. The van der Waals surface area contributed by atoms with Gasteiger partial charge in [0.25, 0.3) is 0 Å². The maximum Gasteiger partial charge on any atom is 0.511 e. The Morgan fingerprint density at radius 2 is 1.62 bits per heavy atom. The third kappa shape index (κ3) is 12.7. The molecule has 2 unspecified atom stereocenters. The molecule has 0 amide bonds. The number of carboxylic acids is 1. The molecule has 0 spiro atoms. The number of halogens is 3. The molecule has 0 aromatic heterocycles. The van der Waals surface area contributed by atoms with Crippen LogP contribution in [0.4, 0.5) is 18.0 Å². The second-order valence-electron chi connectivity index (χ2n) is 3.40. The van der Waals surface area contributed by atoms with Crippen LogP contribution in [0.25, 0.3) is 0 Å². The zero-order valence-corrected chi connectivity index (χ0v) is 11.5. The van der Waals surface area contributed by atoms with E-state index in [9.17, 15) is 22.8 Å². The Kier molecular flexibility index (Phi) is 9.92. The van der Waals surface area contributed by atoms with E-state index < -0.39 is 36.6 Å². The summed E-state index contributed by atoms with van der Waals surface area (Å²) in [7, 11) is 0. The highest BCUT2D eigenvalue weighted by Gasteiger charge is 2.38. The van der Waals surface area contributed by atoms with Gasteiger partial charge < -0.3 is 25.1 Å². The highest BCUT2D eigenvalue weighted by atomic mass is 19.4. The predicted octanol–water partition coefficient (Wildman–Crippen LogP) is 1.03. The third-order valence-corrected chi connectivity index (χ3v) is 1.42. The van der Waals surface area contributed by atoms with Crippen LogP contribution in [0.2, 0.25) is 0 Å². The molecule has 0 aliphatic heterocycles. The van der Waals surface area contributed by atoms with Crippen LogP contribution in [0.15, 0.2) is 0 Å². The maximum atomic E-state index is 10.9. The van der Waals surface area contributed by atoms with E-state index in [1.807, 2.05) is 0 Å². The van der Waals surface area contributed by atoms with Gasteiger partial charge in [0.05, 0.1) is 6.61 Å². The number of hydrogen-bond donors (Lipinski definition) is 2. The molecular formula is C10H16F3NO7. The highest BCUT2D eigenvalue weighted by molar-refractivity contribution is 5.75. The van der Waals surface area contributed by atoms with Crippen molar-refractivity contribution in [3.05, 3.63) is 0 Å². The minimum Gasteiger partial charge on any atom is -0.475 e. The van der Waals surface area contributed by atoms with Crippen molar-refractivity contribution in [2.45, 2.75) is 39.3 Å². The topological polar surface area (TPSA) is 125 Å². The lowest BCUT2D eigenvalue weighted by atomic mass is 10.4. The molecule has 11 heteroatoms. The SMILES string of the molecule is CCOC(=O)OC(C)OC(=O)C(C)N.O=C(O)C(F)(F)F. The molecule has 0 rings (SSSR count). The largest absolute Gasteiger partial charge is 0.511 e. The number of carbonyl (C=O) groups excluding carboxylic acids is 2. The molecular weight excluding hydrogens is 303 g/mol. The van der Waals surface area contributed by atoms with Gasteiger partial charge in [-0.3, -0.25) is 4.79 Å². The molecule has 0 saturated carbocycles. The number of aliphatic carboxylic acids is 1. The zero-order chi connectivity index (χ0) is 17.2. The van der Waals surface area contributed by atoms with Crippen molar-refractivity contribution in [3.63, 3.8) is 0 Å². The number of esters is 1. The first kappa shape index (κ1) is 21.3. The lowest BCUT2D eigenvalue weighted by Gasteiger charge is -2.14. The van der Waals surface area contributed by atoms with Crippen LogP contribution >= 0.6 is 0 Å². The summed E-state index contributed by atoms with van der Waals surface area (Å²) in [6.45, 7) is 4.71. The van der Waals surface area contributed by atoms with E-state index in [-0.39, 0.29) is 6.61 Å². The molecule has 0 aliphatic carbocycles. The highest BCUT2D eigenvalue weighted by Crippen LogP contribution is 2.13. The molecule has 0 aliphatic rings. The molecule has 8 nitrogen and oxygen atoms in total. The first-order valence-corrected chi connectivity index (χ1v) is 5.51. The van der Waals surface area contributed by atoms with Crippen LogP contribution in [-0.4, -0.2) is 48.3 Å². The number of carbonyl (C=O) groups is 3. The molecule has 0 aromatic rings. The maximum absolute atomic E-state index is 10.9. The fourth-order valence-corrected chi connectivity index (χ4v) is 0.582. The van der Waals surface area contributed by atoms with E-state index in [1.54, 1.807) is 6.92 Å². The second-order valence-corrected chi connectivity index (χ2v) is 3.40. The zero-order valence-electron chi connectivity index (χ0n) is 11.5. The van der Waals surface area contributed by atoms with E-state index in [1.165, 1.54) is 13.8 Å². The van der Waals surface area contributed by atoms with Crippen LogP contribution in [0.1, 0.15) is 20.8 Å². The Balaban J connectivity index is 0. The van der Waals surface area contributed by atoms with Gasteiger partial charge in [0.2, 0.25) is 6.29 Å². The minimum atomic E-state index is -5.08. The summed E-state index contributed by atoms with van der Waals surface area (Å²) >= 11 is 0. The van der Waals surface area contributed by atoms with Gasteiger partial charge in [0.15, 0.2) is 0 Å². The van der Waals surface area contributed by atoms with Crippen molar-refractivity contribution in [1.29, 1.82) is 0 Å². The Hall–Kier alpha value is -2.04. The van der Waals surface area contributed by atoms with Crippen LogP contribution in [0.3, 0.4) is 0 Å². The number of rotatable bonds is 4. The van der Waals surface area contributed by atoms with Gasteiger partial charge in [0, 0.05) is 6.92 Å². The molecule has 124 valence electrons. The molecule has 0 bridgehead atoms. The standard InChI is InChI=1S/C8H15NO5.C2HF3O2/c1-4-12-8(11)14-6(3)13-7(10)5(2)9;3-2(4,5)1(6)7/h5-6H,4,9H2,1-3H3;(H,6,7). The molecule has 21 heavy (non-hydrogen) atoms. The van der Waals surface area contributed by atoms with Gasteiger partial charge in [-0.2, -0.15) is 13.2 Å². The van der Waals surface area contributed by atoms with Crippen molar-refractivity contribution in [3.8, 4) is 0 Å². The summed E-state index contributed by atoms with van der Waals surface area (Å²) in [6.07, 6.45) is -6.95. The first-order valence-electron chi connectivity index (χ1n) is 5.51. The number of nitrogens with two attached hydrogens (primary N) is 1. The van der Waals surface area contributed by atoms with Crippen molar-refractivity contribution < 1.29 is 46.9 Å². The summed E-state index contributed by atoms with van der Waals surface area (Å²) in [5.74, 6) is -3.39. The monoisotopic (exact) mass is 319 g/mol. The summed E-state index contributed by atoms with van der Waals surface area (Å²) in [5.41, 5.74) is 5.23. The van der Waals surface area contributed by atoms with Crippen LogP contribution in [-0.2, 0) is 23.8 Å². The van der Waals surface area contributed by atoms with Crippen LogP contribution in [0, 0.1) is 0 Å². The molecule has 3 N–H and O–H groups in total. The number of hydrogen-bond acceptors (Lipinski definition) is 7. The molecule has 0 saturated heterocycles. The van der Waals surface area contributed by atoms with E-state index in [4.69, 9.17) is 15.6 Å². The van der Waals surface area contributed by atoms with Crippen molar-refractivity contribution in [2.75, 3.05) is 6.61 Å². The Labute approximate surface area is 117 Å². The average Bonchev–Trinajstić information content (AvgIpc) is 2.27. The predicted molar refractivity (Wildman–Crippen MR) is 61.0 cm³/mol. The number of alkyl halides is 3. The number of ether oxygens (including phenoxy) is 3. The van der Waals surface area contributed by atoms with Gasteiger partial charge in [-0.1, -0.05) is 0 Å². The summed E-state index contributed by atoms with van der Waals surface area (Å²) < 4.78 is 45.4. The molecule has 2 atom stereocenters. The minimum absolute atomic E-state index is 0.201. The first-order chi connectivity index (χ1) is 9.41. The van der Waals surface area contributed by atoms with Crippen LogP contribution in [0.5, 0.6) is 0 Å². The van der Waals surface area contributed by atoms with Gasteiger partial charge in [-0.25, -0.2) is 9.59 Å². The van der Waals surface area contributed by atoms with Crippen molar-refractivity contribution in [1.82, 2.24) is 0 Å². The van der Waals surface area contributed by atoms with Gasteiger partial charge >= 0.3 is 24.3 Å². The molecule has 0 aromatic carbocycles. The van der Waals surface area contributed by atoms with E-state index >= 15 is 0 Å². The quantitative estimate of drug-likeness (QED) is 0.581. The van der Waals surface area contributed by atoms with E-state index in [2.05, 4.69) is 14.2 Å². The van der Waals surface area contributed by atoms with Gasteiger partial charge in [0.1, 0.15) is 6.04 Å². The fraction of sp³-hybridized carbons (Fsp3) is 0.700. The lowest BCUT2D eigenvalue weighted by molar-refractivity contribution is -0.192. The van der Waals surface area contributed by atoms with E-state index in [0.717, 1.165) is 0 Å². The molecule has 0 radical (unpaired) electrons. The van der Waals surface area contributed by atoms with Crippen LogP contribution < -0.4 is 5.73 Å². The summed E-state index contributed by atoms with van der Waals surface area (Å²) in [6, 6.07) is -0.747. The normalized spacial score (nSPS) is 13.1. The van der Waals surface area contributed by atoms with E-state index in [0.29, 0.717) is 0 Å². The van der Waals surface area contributed by atoms with Gasteiger partial charge in [-0.05, 0) is 13.8 Å². The molecule has 0 fully saturated rings. The van der Waals surface area contributed by atoms with Crippen molar-refractivity contribution in [2.24, 2.45) is 5.73 Å². The van der Waals surface area contributed by atoms with Gasteiger partial charge in [-0.15, -0.1) is 0 Å². The Morgan fingerprint density at radius 1 is 1.19 bits per heavy atom. The summed E-state index contributed by atoms with van der Waals surface area (Å²) in [5, 5.41) is 7.12. The number of carboxylic acid groups (broad SMARTS) is 1. The third-order valence-electron chi connectivity index (χ3n) is 1.42. The summed E-state index contributed by atoms with van der Waals surface area (Å²) in [4.78, 5) is 30.5. The second kappa shape index (κ2) is 9.80. The average molecular weight is 319 g/mol. The molecule has 0 heterocycles. The lowest BCUT2D eigenvalue weighted by Crippen LogP contribution is -2.33. The Morgan fingerprint density at radius 3 is 1.90 bits per heavy atom. The fourth-order valence-electron chi connectivity index (χ4n) is 0.582.